The van der Waals surface area contributed by atoms with Gasteiger partial charge in [0.25, 0.3) is 11.0 Å². The highest BCUT2D eigenvalue weighted by atomic mass is 32.2. The maximum absolute atomic E-state index is 11.0. The zero-order chi connectivity index (χ0) is 7.49. The number of thiol groups is 1. The molecule has 0 spiro atoms. The Hall–Kier alpha value is -0.300. The smallest absolute Gasteiger partial charge is 0.263 e. The van der Waals surface area contributed by atoms with Crippen molar-refractivity contribution >= 4 is 11.0 Å². The fraction of sp³-hybridized carbons (Fsp3) is 1.00. The Kier molecular flexibility index (Phi) is 2.92. The summed E-state index contributed by atoms with van der Waals surface area (Å²) in [6, 6.07) is 0. The summed E-state index contributed by atoms with van der Waals surface area (Å²) in [5.41, 5.74) is 0. The van der Waals surface area contributed by atoms with E-state index >= 15 is 0 Å². The van der Waals surface area contributed by atoms with Crippen molar-refractivity contribution in [3.63, 3.8) is 0 Å². The molecule has 0 atom stereocenters. The summed E-state index contributed by atoms with van der Waals surface area (Å²) in [6.07, 6.45) is -4.57. The molecular formula is C2H3F3O3S. The zero-order valence-electron chi connectivity index (χ0n) is 4.01. The van der Waals surface area contributed by atoms with Crippen LogP contribution in [-0.4, -0.2) is 21.2 Å². The molecule has 0 N–H and O–H groups in total. The van der Waals surface area contributed by atoms with E-state index in [1.165, 1.54) is 0 Å². The van der Waals surface area contributed by atoms with E-state index in [9.17, 15) is 21.6 Å². The molecule has 0 unspecified atom stereocenters. The molecule has 0 aromatic heterocycles. The lowest BCUT2D eigenvalue weighted by Gasteiger charge is -2.00. The van der Waals surface area contributed by atoms with E-state index in [0.717, 1.165) is 0 Å². The predicted octanol–water partition coefficient (Wildman–Crippen LogP) is 0.0917. The van der Waals surface area contributed by atoms with Crippen LogP contribution in [-0.2, 0) is 15.2 Å². The van der Waals surface area contributed by atoms with Crippen molar-refractivity contribution in [1.29, 1.82) is 0 Å². The van der Waals surface area contributed by atoms with Gasteiger partial charge in [0, 0.05) is 0 Å². The Labute approximate surface area is 50.6 Å². The first kappa shape index (κ1) is 8.70. The number of rotatable bonds is 2. The lowest BCUT2D eigenvalue weighted by molar-refractivity contribution is -0.151. The quantitative estimate of drug-likeness (QED) is 0.588. The molecule has 0 aromatic carbocycles. The van der Waals surface area contributed by atoms with Crippen LogP contribution in [0.4, 0.5) is 13.2 Å². The van der Waals surface area contributed by atoms with Crippen LogP contribution in [0, 0.1) is 0 Å². The van der Waals surface area contributed by atoms with Crippen LogP contribution in [0.3, 0.4) is 0 Å². The summed E-state index contributed by atoms with van der Waals surface area (Å²) >= 11 is 0. The molecule has 7 heteroatoms. The molecule has 9 heavy (non-hydrogen) atoms. The first-order valence-electron chi connectivity index (χ1n) is 1.76. The van der Waals surface area contributed by atoms with Gasteiger partial charge in [-0.3, -0.25) is 4.18 Å². The van der Waals surface area contributed by atoms with Gasteiger partial charge in [0.1, 0.15) is 0 Å². The third kappa shape index (κ3) is 7.70. The Morgan fingerprint density at radius 3 is 1.89 bits per heavy atom. The molecule has 0 heterocycles. The molecule has 0 amide bonds. The monoisotopic (exact) mass is 164 g/mol. The molecule has 0 fully saturated rings. The van der Waals surface area contributed by atoms with Crippen molar-refractivity contribution < 1.29 is 25.8 Å². The standard InChI is InChI=1S/C2H3F3O3S/c3-2(4,5)1-8-9(6)7/h9H,1H2. The number of hydrogen-bond acceptors (Lipinski definition) is 3. The zero-order valence-corrected chi connectivity index (χ0v) is 4.91. The normalized spacial score (nSPS) is 12.4. The van der Waals surface area contributed by atoms with Gasteiger partial charge in [-0.1, -0.05) is 0 Å². The van der Waals surface area contributed by atoms with Gasteiger partial charge in [-0.15, -0.1) is 0 Å². The van der Waals surface area contributed by atoms with Gasteiger partial charge in [-0.25, -0.2) is 8.42 Å². The van der Waals surface area contributed by atoms with Gasteiger partial charge in [0.05, 0.1) is 0 Å². The van der Waals surface area contributed by atoms with E-state index in [1.54, 1.807) is 0 Å². The second-order valence-electron chi connectivity index (χ2n) is 1.11. The van der Waals surface area contributed by atoms with Crippen molar-refractivity contribution in [2.75, 3.05) is 6.61 Å². The minimum atomic E-state index is -4.57. The molecule has 3 nitrogen and oxygen atoms in total. The number of alkyl halides is 3. The molecule has 0 radical (unpaired) electrons. The van der Waals surface area contributed by atoms with E-state index in [4.69, 9.17) is 0 Å². The second-order valence-corrected chi connectivity index (χ2v) is 1.82. The van der Waals surface area contributed by atoms with Crippen molar-refractivity contribution in [3.05, 3.63) is 0 Å². The molecule has 56 valence electrons. The minimum Gasteiger partial charge on any atom is -0.263 e. The first-order valence-corrected chi connectivity index (χ1v) is 2.85. The van der Waals surface area contributed by atoms with Crippen LogP contribution < -0.4 is 0 Å². The van der Waals surface area contributed by atoms with Gasteiger partial charge in [0.15, 0.2) is 6.61 Å². The fourth-order valence-corrected chi connectivity index (χ4v) is 0.378. The second kappa shape index (κ2) is 3.02. The fourth-order valence-electron chi connectivity index (χ4n) is 0.126. The Morgan fingerprint density at radius 2 is 1.78 bits per heavy atom. The van der Waals surface area contributed by atoms with Crippen LogP contribution >= 0.6 is 0 Å². The molecular weight excluding hydrogens is 161 g/mol. The van der Waals surface area contributed by atoms with Gasteiger partial charge in [0.2, 0.25) is 0 Å². The van der Waals surface area contributed by atoms with Crippen LogP contribution in [0.5, 0.6) is 0 Å². The van der Waals surface area contributed by atoms with E-state index in [2.05, 4.69) is 4.18 Å². The first-order chi connectivity index (χ1) is 3.92. The van der Waals surface area contributed by atoms with Crippen LogP contribution in [0.25, 0.3) is 0 Å². The molecule has 0 aliphatic carbocycles. The highest BCUT2D eigenvalue weighted by Crippen LogP contribution is 2.13. The van der Waals surface area contributed by atoms with Gasteiger partial charge in [-0.05, 0) is 0 Å². The van der Waals surface area contributed by atoms with E-state index < -0.39 is 23.8 Å². The van der Waals surface area contributed by atoms with Crippen LogP contribution in [0.2, 0.25) is 0 Å². The summed E-state index contributed by atoms with van der Waals surface area (Å²) in [7, 11) is -3.38. The molecule has 0 rings (SSSR count). The lowest BCUT2D eigenvalue weighted by Crippen LogP contribution is -2.16. The molecule has 0 aliphatic heterocycles. The highest BCUT2D eigenvalue weighted by molar-refractivity contribution is 7.67. The Bertz CT molecular complexity index is 140. The molecule has 0 saturated heterocycles. The van der Waals surface area contributed by atoms with Crippen LogP contribution in [0.15, 0.2) is 0 Å². The topological polar surface area (TPSA) is 43.4 Å². The lowest BCUT2D eigenvalue weighted by atomic mass is 10.7. The Balaban J connectivity index is 3.52. The third-order valence-corrected chi connectivity index (χ3v) is 0.674. The summed E-state index contributed by atoms with van der Waals surface area (Å²) in [5, 5.41) is 0. The summed E-state index contributed by atoms with van der Waals surface area (Å²) < 4.78 is 55.0. The number of halogens is 3. The molecule has 0 bridgehead atoms. The van der Waals surface area contributed by atoms with Gasteiger partial charge in [-0.2, -0.15) is 13.2 Å². The summed E-state index contributed by atoms with van der Waals surface area (Å²) in [5.74, 6) is 0. The summed E-state index contributed by atoms with van der Waals surface area (Å²) in [4.78, 5) is 0. The largest absolute Gasteiger partial charge is 0.413 e. The van der Waals surface area contributed by atoms with Gasteiger partial charge >= 0.3 is 6.18 Å². The van der Waals surface area contributed by atoms with Crippen molar-refractivity contribution in [2.24, 2.45) is 0 Å². The minimum absolute atomic E-state index is 1.74. The average molecular weight is 164 g/mol. The van der Waals surface area contributed by atoms with Crippen LogP contribution in [0.1, 0.15) is 0 Å². The van der Waals surface area contributed by atoms with E-state index in [-0.39, 0.29) is 0 Å². The predicted molar refractivity (Wildman–Crippen MR) is 22.3 cm³/mol. The van der Waals surface area contributed by atoms with Gasteiger partial charge < -0.3 is 0 Å². The van der Waals surface area contributed by atoms with Crippen molar-refractivity contribution in [1.82, 2.24) is 0 Å². The average Bonchev–Trinajstić information content (AvgIpc) is 1.59. The number of hydrogen-bond donors (Lipinski definition) is 1. The van der Waals surface area contributed by atoms with Crippen molar-refractivity contribution in [3.8, 4) is 0 Å². The Morgan fingerprint density at radius 1 is 1.33 bits per heavy atom. The molecule has 0 aliphatic rings. The maximum Gasteiger partial charge on any atom is 0.413 e. The maximum atomic E-state index is 11.0. The van der Waals surface area contributed by atoms with E-state index in [0.29, 0.717) is 0 Å². The molecule has 0 saturated carbocycles. The summed E-state index contributed by atoms with van der Waals surface area (Å²) in [6.45, 7) is -1.74. The SMILES string of the molecule is O=[SH](=O)OCC(F)(F)F. The molecule has 0 aromatic rings. The third-order valence-electron chi connectivity index (χ3n) is 0.334. The van der Waals surface area contributed by atoms with Crippen molar-refractivity contribution in [2.45, 2.75) is 6.18 Å². The van der Waals surface area contributed by atoms with E-state index in [1.807, 2.05) is 0 Å². The highest BCUT2D eigenvalue weighted by Gasteiger charge is 2.27.